The number of piperidine rings is 1. The number of anilines is 1. The van der Waals surface area contributed by atoms with E-state index < -0.39 is 11.7 Å². The number of rotatable bonds is 2. The number of carbonyl (C=O) groups is 1. The van der Waals surface area contributed by atoms with E-state index in [1.807, 2.05) is 6.92 Å². The van der Waals surface area contributed by atoms with Crippen molar-refractivity contribution in [3.05, 3.63) is 23.9 Å². The molecule has 1 aromatic rings. The first-order valence-corrected chi connectivity index (χ1v) is 7.93. The van der Waals surface area contributed by atoms with E-state index in [0.717, 1.165) is 44.6 Å². The maximum absolute atomic E-state index is 12.7. The number of aromatic nitrogens is 1. The van der Waals surface area contributed by atoms with Gasteiger partial charge in [-0.25, -0.2) is 4.98 Å². The van der Waals surface area contributed by atoms with Gasteiger partial charge in [0.1, 0.15) is 5.82 Å². The van der Waals surface area contributed by atoms with Crippen LogP contribution >= 0.6 is 12.4 Å². The third kappa shape index (κ3) is 3.24. The lowest BCUT2D eigenvalue weighted by atomic mass is 9.72. The van der Waals surface area contributed by atoms with Crippen LogP contribution in [0.1, 0.15) is 38.2 Å². The van der Waals surface area contributed by atoms with E-state index in [0.29, 0.717) is 12.2 Å². The van der Waals surface area contributed by atoms with E-state index >= 15 is 0 Å². The van der Waals surface area contributed by atoms with Gasteiger partial charge in [0.05, 0.1) is 5.56 Å². The highest BCUT2D eigenvalue weighted by atomic mass is 35.5. The summed E-state index contributed by atoms with van der Waals surface area (Å²) in [6.07, 6.45) is -0.559. The molecule has 0 bridgehead atoms. The van der Waals surface area contributed by atoms with Gasteiger partial charge in [-0.1, -0.05) is 6.92 Å². The van der Waals surface area contributed by atoms with Gasteiger partial charge in [0.15, 0.2) is 0 Å². The molecule has 134 valence electrons. The second kappa shape index (κ2) is 6.88. The molecule has 0 saturated carbocycles. The fourth-order valence-electron chi connectivity index (χ4n) is 3.99. The van der Waals surface area contributed by atoms with Crippen LogP contribution < -0.4 is 10.2 Å². The minimum absolute atomic E-state index is 0. The number of nitrogens with one attached hydrogen (secondary N) is 1. The van der Waals surface area contributed by atoms with Crippen LogP contribution in [0.5, 0.6) is 0 Å². The Balaban J connectivity index is 0.00000208. The molecular weight excluding hydrogens is 343 g/mol. The molecular formula is C16H21ClF3N3O. The molecule has 2 saturated heterocycles. The minimum atomic E-state index is -4.42. The Morgan fingerprint density at radius 1 is 1.33 bits per heavy atom. The van der Waals surface area contributed by atoms with Gasteiger partial charge >= 0.3 is 6.18 Å². The minimum Gasteiger partial charge on any atom is -0.317 e. The van der Waals surface area contributed by atoms with E-state index in [4.69, 9.17) is 0 Å². The van der Waals surface area contributed by atoms with Gasteiger partial charge in [0, 0.05) is 24.1 Å². The molecule has 4 nitrogen and oxygen atoms in total. The lowest BCUT2D eigenvalue weighted by Crippen LogP contribution is -2.46. The van der Waals surface area contributed by atoms with Crippen molar-refractivity contribution >= 4 is 24.1 Å². The first kappa shape index (κ1) is 19.0. The van der Waals surface area contributed by atoms with Gasteiger partial charge in [-0.3, -0.25) is 9.69 Å². The highest BCUT2D eigenvalue weighted by Crippen LogP contribution is 2.47. The quantitative estimate of drug-likeness (QED) is 0.875. The van der Waals surface area contributed by atoms with Crippen molar-refractivity contribution in [1.82, 2.24) is 10.3 Å². The normalized spacial score (nSPS) is 23.4. The highest BCUT2D eigenvalue weighted by molar-refractivity contribution is 5.96. The summed E-state index contributed by atoms with van der Waals surface area (Å²) in [5.41, 5.74) is -0.876. The average molecular weight is 364 g/mol. The Hall–Kier alpha value is -1.34. The van der Waals surface area contributed by atoms with Crippen molar-refractivity contribution in [2.75, 3.05) is 18.0 Å². The SMILES string of the molecule is CCC1N(c2ccc(C(F)(F)F)cn2)C(=O)CC12CCNCC2.Cl. The topological polar surface area (TPSA) is 45.2 Å². The maximum Gasteiger partial charge on any atom is 0.417 e. The summed E-state index contributed by atoms with van der Waals surface area (Å²) in [6, 6.07) is 2.31. The van der Waals surface area contributed by atoms with Crippen LogP contribution in [0.3, 0.4) is 0 Å². The molecule has 2 aliphatic rings. The fraction of sp³-hybridized carbons (Fsp3) is 0.625. The molecule has 2 fully saturated rings. The first-order valence-electron chi connectivity index (χ1n) is 7.93. The van der Waals surface area contributed by atoms with Gasteiger partial charge < -0.3 is 5.32 Å². The van der Waals surface area contributed by atoms with Crippen molar-refractivity contribution in [3.63, 3.8) is 0 Å². The molecule has 8 heteroatoms. The molecule has 3 heterocycles. The van der Waals surface area contributed by atoms with E-state index in [-0.39, 0.29) is 29.8 Å². The predicted molar refractivity (Wildman–Crippen MR) is 87.2 cm³/mol. The van der Waals surface area contributed by atoms with Crippen molar-refractivity contribution < 1.29 is 18.0 Å². The number of amides is 1. The number of halogens is 4. The van der Waals surface area contributed by atoms with Crippen molar-refractivity contribution in [2.45, 2.75) is 44.8 Å². The molecule has 0 aliphatic carbocycles. The van der Waals surface area contributed by atoms with Gasteiger partial charge in [-0.2, -0.15) is 13.2 Å². The molecule has 0 aromatic carbocycles. The summed E-state index contributed by atoms with van der Waals surface area (Å²) in [7, 11) is 0. The number of alkyl halides is 3. The second-order valence-corrected chi connectivity index (χ2v) is 6.38. The molecule has 3 rings (SSSR count). The Morgan fingerprint density at radius 3 is 2.50 bits per heavy atom. The molecule has 1 spiro atoms. The number of nitrogens with zero attached hydrogens (tertiary/aromatic N) is 2. The summed E-state index contributed by atoms with van der Waals surface area (Å²) in [5.74, 6) is 0.288. The summed E-state index contributed by atoms with van der Waals surface area (Å²) in [4.78, 5) is 18.1. The van der Waals surface area contributed by atoms with Gasteiger partial charge in [0.2, 0.25) is 5.91 Å². The van der Waals surface area contributed by atoms with E-state index in [9.17, 15) is 18.0 Å². The lowest BCUT2D eigenvalue weighted by Gasteiger charge is -2.40. The van der Waals surface area contributed by atoms with E-state index in [1.165, 1.54) is 6.07 Å². The Morgan fingerprint density at radius 2 is 2.00 bits per heavy atom. The summed E-state index contributed by atoms with van der Waals surface area (Å²) in [6.45, 7) is 3.76. The third-order valence-electron chi connectivity index (χ3n) is 5.10. The standard InChI is InChI=1S/C16H20F3N3O.ClH/c1-2-12-15(5-7-20-8-6-15)9-14(23)22(12)13-4-3-11(10-21-13)16(17,18)19;/h3-4,10,12,20H,2,5-9H2,1H3;1H. The molecule has 2 aliphatic heterocycles. The van der Waals surface area contributed by atoms with E-state index in [2.05, 4.69) is 10.3 Å². The van der Waals surface area contributed by atoms with Gasteiger partial charge in [0.25, 0.3) is 0 Å². The van der Waals surface area contributed by atoms with Gasteiger partial charge in [-0.15, -0.1) is 12.4 Å². The van der Waals surface area contributed by atoms with E-state index in [1.54, 1.807) is 4.90 Å². The zero-order valence-corrected chi connectivity index (χ0v) is 14.2. The highest BCUT2D eigenvalue weighted by Gasteiger charge is 2.51. The summed E-state index contributed by atoms with van der Waals surface area (Å²) >= 11 is 0. The van der Waals surface area contributed by atoms with Crippen LogP contribution in [-0.2, 0) is 11.0 Å². The zero-order valence-electron chi connectivity index (χ0n) is 13.4. The lowest BCUT2D eigenvalue weighted by molar-refractivity contribution is -0.137. The molecule has 1 aromatic heterocycles. The molecule has 1 N–H and O–H groups in total. The van der Waals surface area contributed by atoms with Crippen LogP contribution in [0.15, 0.2) is 18.3 Å². The van der Waals surface area contributed by atoms with Crippen LogP contribution in [0.2, 0.25) is 0 Å². The third-order valence-corrected chi connectivity index (χ3v) is 5.10. The monoisotopic (exact) mass is 363 g/mol. The van der Waals surface area contributed by atoms with Crippen LogP contribution in [0.25, 0.3) is 0 Å². The Bertz CT molecular complexity index is 585. The van der Waals surface area contributed by atoms with Crippen LogP contribution in [0, 0.1) is 5.41 Å². The number of pyridine rings is 1. The number of carbonyl (C=O) groups excluding carboxylic acids is 1. The molecule has 1 atom stereocenters. The van der Waals surface area contributed by atoms with Gasteiger partial charge in [-0.05, 0) is 44.5 Å². The second-order valence-electron chi connectivity index (χ2n) is 6.38. The predicted octanol–water partition coefficient (Wildman–Crippen LogP) is 3.41. The van der Waals surface area contributed by atoms with Crippen molar-refractivity contribution in [2.24, 2.45) is 5.41 Å². The smallest absolute Gasteiger partial charge is 0.317 e. The summed E-state index contributed by atoms with van der Waals surface area (Å²) in [5, 5.41) is 3.30. The first-order chi connectivity index (χ1) is 10.9. The van der Waals surface area contributed by atoms with Crippen LogP contribution in [-0.4, -0.2) is 30.0 Å². The Labute approximate surface area is 145 Å². The van der Waals surface area contributed by atoms with Crippen molar-refractivity contribution in [1.29, 1.82) is 0 Å². The fourth-order valence-corrected chi connectivity index (χ4v) is 3.99. The summed E-state index contributed by atoms with van der Waals surface area (Å²) < 4.78 is 38.0. The van der Waals surface area contributed by atoms with Crippen molar-refractivity contribution in [3.8, 4) is 0 Å². The average Bonchev–Trinajstić information content (AvgIpc) is 2.78. The number of hydrogen-bond acceptors (Lipinski definition) is 3. The van der Waals surface area contributed by atoms with Crippen LogP contribution in [0.4, 0.5) is 19.0 Å². The molecule has 1 unspecified atom stereocenters. The maximum atomic E-state index is 12.7. The molecule has 1 amide bonds. The molecule has 24 heavy (non-hydrogen) atoms. The largest absolute Gasteiger partial charge is 0.417 e. The Kier molecular flexibility index (Phi) is 5.44. The number of hydrogen-bond donors (Lipinski definition) is 1. The zero-order chi connectivity index (χ0) is 16.7. The molecule has 0 radical (unpaired) electrons.